The van der Waals surface area contributed by atoms with Crippen molar-refractivity contribution in [3.63, 3.8) is 0 Å². The average molecular weight is 529 g/mol. The van der Waals surface area contributed by atoms with Crippen molar-refractivity contribution in [1.29, 1.82) is 5.26 Å². The zero-order valence-electron chi connectivity index (χ0n) is 21.7. The fourth-order valence-corrected chi connectivity index (χ4v) is 5.37. The first-order valence-electron chi connectivity index (χ1n) is 12.6. The standard InChI is InChI=1S/C28H26BF2N5O3/c1-14(2)24(35-27(38)39-3)26(37)36-13-15(11-32)8-23(36)25-33-12-22(34-25)16-4-6-18-19-7-5-17(29)10-21(19)28(30,31)20(18)9-16/h4-7,9-10,12,14-15,23-24H,8,13H2,1-3H3,(H,33,34)(H,35,38)/t15-,23+,24+/m1/s1. The van der Waals surface area contributed by atoms with Gasteiger partial charge in [0.05, 0.1) is 37.0 Å². The van der Waals surface area contributed by atoms with Crippen molar-refractivity contribution in [2.45, 2.75) is 38.3 Å². The normalized spacial score (nSPS) is 19.8. The molecule has 1 saturated heterocycles. The van der Waals surface area contributed by atoms with Crippen molar-refractivity contribution >= 4 is 25.3 Å². The SMILES string of the molecule is [B]c1ccc2c(c1)C(F)(F)c1cc(-c3cnc([C@@H]4C[C@H](C#N)CN4C(=O)[C@@H](NC(=O)OC)C(C)C)[nH]3)ccc1-2. The Balaban J connectivity index is 1.45. The number of fused-ring (bicyclic) bond motifs is 3. The second-order valence-electron chi connectivity index (χ2n) is 10.2. The number of halogens is 2. The average Bonchev–Trinajstić information content (AvgIpc) is 3.62. The maximum absolute atomic E-state index is 15.3. The Morgan fingerprint density at radius 3 is 2.59 bits per heavy atom. The first-order chi connectivity index (χ1) is 18.5. The Bertz CT molecular complexity index is 1500. The number of likely N-dealkylation sites (tertiary alicyclic amines) is 1. The zero-order chi connectivity index (χ0) is 28.1. The van der Waals surface area contributed by atoms with Crippen molar-refractivity contribution < 1.29 is 23.1 Å². The molecule has 0 saturated carbocycles. The van der Waals surface area contributed by atoms with Crippen molar-refractivity contribution in [2.24, 2.45) is 11.8 Å². The second kappa shape index (κ2) is 9.84. The van der Waals surface area contributed by atoms with Crippen LogP contribution in [0, 0.1) is 23.2 Å². The van der Waals surface area contributed by atoms with E-state index in [0.717, 1.165) is 0 Å². The van der Waals surface area contributed by atoms with Crippen LogP contribution in [0.1, 0.15) is 43.3 Å². The number of carbonyl (C=O) groups excluding carboxylic acids is 2. The van der Waals surface area contributed by atoms with E-state index in [4.69, 9.17) is 7.85 Å². The molecule has 2 aliphatic rings. The minimum atomic E-state index is -3.20. The summed E-state index contributed by atoms with van der Waals surface area (Å²) in [7, 11) is 6.98. The largest absolute Gasteiger partial charge is 0.453 e. The number of aromatic nitrogens is 2. The maximum Gasteiger partial charge on any atom is 0.407 e. The van der Waals surface area contributed by atoms with Gasteiger partial charge in [0.25, 0.3) is 5.92 Å². The Labute approximate surface area is 225 Å². The number of nitrogens with one attached hydrogen (secondary N) is 2. The number of amides is 2. The number of H-pyrrole nitrogens is 1. The molecule has 2 radical (unpaired) electrons. The van der Waals surface area contributed by atoms with Crippen LogP contribution in [0.5, 0.6) is 0 Å². The number of methoxy groups -OCH3 is 1. The molecular weight excluding hydrogens is 503 g/mol. The lowest BCUT2D eigenvalue weighted by molar-refractivity contribution is -0.135. The molecule has 39 heavy (non-hydrogen) atoms. The zero-order valence-corrected chi connectivity index (χ0v) is 21.7. The molecule has 11 heteroatoms. The summed E-state index contributed by atoms with van der Waals surface area (Å²) in [6, 6.07) is 10.2. The third kappa shape index (κ3) is 4.54. The van der Waals surface area contributed by atoms with Gasteiger partial charge in [-0.3, -0.25) is 4.79 Å². The monoisotopic (exact) mass is 529 g/mol. The molecule has 2 amide bonds. The van der Waals surface area contributed by atoms with E-state index in [9.17, 15) is 14.9 Å². The Morgan fingerprint density at radius 2 is 1.92 bits per heavy atom. The van der Waals surface area contributed by atoms with Gasteiger partial charge in [-0.15, -0.1) is 0 Å². The molecular formula is C28H26BF2N5O3. The van der Waals surface area contributed by atoms with Crippen LogP contribution in [0.15, 0.2) is 42.6 Å². The van der Waals surface area contributed by atoms with Gasteiger partial charge in [0.1, 0.15) is 19.7 Å². The fraction of sp³-hybridized carbons (Fsp3) is 0.357. The summed E-state index contributed by atoms with van der Waals surface area (Å²) in [4.78, 5) is 34.5. The highest BCUT2D eigenvalue weighted by Crippen LogP contribution is 2.51. The highest BCUT2D eigenvalue weighted by molar-refractivity contribution is 6.32. The molecule has 0 spiro atoms. The Hall–Kier alpha value is -4.20. The topological polar surface area (TPSA) is 111 Å². The summed E-state index contributed by atoms with van der Waals surface area (Å²) in [5.41, 5.74) is 1.93. The summed E-state index contributed by atoms with van der Waals surface area (Å²) in [6.45, 7) is 3.77. The summed E-state index contributed by atoms with van der Waals surface area (Å²) in [6.07, 6.45) is 1.15. The van der Waals surface area contributed by atoms with Gasteiger partial charge in [-0.05, 0) is 29.5 Å². The molecule has 2 aromatic carbocycles. The summed E-state index contributed by atoms with van der Waals surface area (Å²) < 4.78 is 35.4. The van der Waals surface area contributed by atoms with Crippen LogP contribution < -0.4 is 10.8 Å². The van der Waals surface area contributed by atoms with Crippen LogP contribution in [0.25, 0.3) is 22.4 Å². The lowest BCUT2D eigenvalue weighted by Gasteiger charge is -2.29. The number of alkyl carbamates (subject to hydrolysis) is 1. The van der Waals surface area contributed by atoms with Crippen LogP contribution in [0.2, 0.25) is 0 Å². The molecule has 0 unspecified atom stereocenters. The highest BCUT2D eigenvalue weighted by atomic mass is 19.3. The number of imidazole rings is 1. The third-order valence-corrected chi connectivity index (χ3v) is 7.41. The molecule has 0 bridgehead atoms. The number of rotatable bonds is 5. The van der Waals surface area contributed by atoms with E-state index in [0.29, 0.717) is 34.6 Å². The third-order valence-electron chi connectivity index (χ3n) is 7.41. The number of nitrogens with zero attached hydrogens (tertiary/aromatic N) is 3. The smallest absolute Gasteiger partial charge is 0.407 e. The van der Waals surface area contributed by atoms with Crippen molar-refractivity contribution in [2.75, 3.05) is 13.7 Å². The second-order valence-corrected chi connectivity index (χ2v) is 10.2. The number of alkyl halides is 2. The van der Waals surface area contributed by atoms with Gasteiger partial charge in [0.15, 0.2) is 0 Å². The first-order valence-corrected chi connectivity index (χ1v) is 12.6. The van der Waals surface area contributed by atoms with Crippen LogP contribution >= 0.6 is 0 Å². The number of hydrogen-bond acceptors (Lipinski definition) is 5. The number of hydrogen-bond donors (Lipinski definition) is 2. The van der Waals surface area contributed by atoms with Crippen molar-refractivity contribution in [1.82, 2.24) is 20.2 Å². The maximum atomic E-state index is 15.3. The summed E-state index contributed by atoms with van der Waals surface area (Å²) >= 11 is 0. The molecule has 2 N–H and O–H groups in total. The minimum absolute atomic E-state index is 0.118. The van der Waals surface area contributed by atoms with Crippen LogP contribution in [0.3, 0.4) is 0 Å². The minimum Gasteiger partial charge on any atom is -0.453 e. The number of ether oxygens (including phenoxy) is 1. The van der Waals surface area contributed by atoms with E-state index >= 15 is 8.78 Å². The fourth-order valence-electron chi connectivity index (χ4n) is 5.37. The first kappa shape index (κ1) is 26.4. The quantitative estimate of drug-likeness (QED) is 0.489. The van der Waals surface area contributed by atoms with Crippen LogP contribution in [0.4, 0.5) is 13.6 Å². The van der Waals surface area contributed by atoms with Gasteiger partial charge in [-0.25, -0.2) is 9.78 Å². The van der Waals surface area contributed by atoms with E-state index in [2.05, 4.69) is 26.1 Å². The number of nitriles is 1. The lowest BCUT2D eigenvalue weighted by Crippen LogP contribution is -2.51. The number of carbonyl (C=O) groups is 2. The molecule has 8 nitrogen and oxygen atoms in total. The van der Waals surface area contributed by atoms with E-state index in [-0.39, 0.29) is 35.0 Å². The Kier molecular flexibility index (Phi) is 6.66. The van der Waals surface area contributed by atoms with Crippen LogP contribution in [-0.2, 0) is 15.5 Å². The molecule has 1 aliphatic heterocycles. The molecule has 1 aromatic heterocycles. The van der Waals surface area contributed by atoms with Gasteiger partial charge in [-0.1, -0.05) is 49.6 Å². The molecule has 1 aliphatic carbocycles. The number of benzene rings is 2. The molecule has 5 rings (SSSR count). The van der Waals surface area contributed by atoms with Gasteiger partial charge in [0, 0.05) is 23.2 Å². The molecule has 3 atom stereocenters. The summed E-state index contributed by atoms with van der Waals surface area (Å²) in [5, 5.41) is 12.2. The van der Waals surface area contributed by atoms with Crippen molar-refractivity contribution in [3.05, 3.63) is 59.5 Å². The molecule has 2 heterocycles. The number of aromatic amines is 1. The summed E-state index contributed by atoms with van der Waals surface area (Å²) in [5.74, 6) is -3.79. The lowest BCUT2D eigenvalue weighted by atomic mass is 9.91. The van der Waals surface area contributed by atoms with E-state index in [1.165, 1.54) is 30.3 Å². The van der Waals surface area contributed by atoms with Gasteiger partial charge >= 0.3 is 6.09 Å². The van der Waals surface area contributed by atoms with E-state index < -0.39 is 30.0 Å². The van der Waals surface area contributed by atoms with Gasteiger partial charge < -0.3 is 19.9 Å². The highest BCUT2D eigenvalue weighted by Gasteiger charge is 2.45. The van der Waals surface area contributed by atoms with E-state index in [1.807, 2.05) is 0 Å². The predicted molar refractivity (Wildman–Crippen MR) is 140 cm³/mol. The van der Waals surface area contributed by atoms with E-state index in [1.54, 1.807) is 38.1 Å². The Morgan fingerprint density at radius 1 is 1.23 bits per heavy atom. The predicted octanol–water partition coefficient (Wildman–Crippen LogP) is 3.78. The van der Waals surface area contributed by atoms with Gasteiger partial charge in [0.2, 0.25) is 5.91 Å². The molecule has 1 fully saturated rings. The van der Waals surface area contributed by atoms with Crippen molar-refractivity contribution in [3.8, 4) is 28.5 Å². The van der Waals surface area contributed by atoms with Gasteiger partial charge in [-0.2, -0.15) is 14.0 Å². The van der Waals surface area contributed by atoms with Crippen LogP contribution in [-0.4, -0.2) is 54.4 Å². The molecule has 3 aromatic rings. The molecule has 198 valence electrons.